The molecule has 0 heterocycles. The van der Waals surface area contributed by atoms with E-state index in [4.69, 9.17) is 16.3 Å². The Morgan fingerprint density at radius 1 is 1.05 bits per heavy atom. The van der Waals surface area contributed by atoms with Crippen molar-refractivity contribution in [3.05, 3.63) is 58.4 Å². The third-order valence-corrected chi connectivity index (χ3v) is 11.4. The van der Waals surface area contributed by atoms with Gasteiger partial charge in [0.2, 0.25) is 0 Å². The van der Waals surface area contributed by atoms with E-state index in [1.807, 2.05) is 6.92 Å². The van der Waals surface area contributed by atoms with Crippen molar-refractivity contribution in [3.63, 3.8) is 0 Å². The maximum Gasteiger partial charge on any atom is 0.255 e. The second kappa shape index (κ2) is 10.6. The van der Waals surface area contributed by atoms with Crippen molar-refractivity contribution in [2.75, 3.05) is 11.9 Å². The number of fused-ring (bicyclic) bond motifs is 2. The molecule has 2 aromatic rings. The third kappa shape index (κ3) is 5.03. The van der Waals surface area contributed by atoms with Gasteiger partial charge in [0, 0.05) is 36.2 Å². The molecule has 13 heteroatoms. The molecule has 2 bridgehead atoms. The molecule has 0 aliphatic heterocycles. The molecular formula is C27H29ClF3NO7S. The van der Waals surface area contributed by atoms with Gasteiger partial charge in [-0.25, -0.2) is 21.6 Å². The molecule has 5 atom stereocenters. The number of anilines is 1. The lowest BCUT2D eigenvalue weighted by Gasteiger charge is -2.62. The Kier molecular flexibility index (Phi) is 7.73. The van der Waals surface area contributed by atoms with Gasteiger partial charge in [0.05, 0.1) is 45.7 Å². The number of nitrogens with one attached hydrogen (secondary N) is 1. The Morgan fingerprint density at radius 3 is 2.20 bits per heavy atom. The van der Waals surface area contributed by atoms with E-state index in [9.17, 15) is 41.7 Å². The number of aliphatic hydroxyl groups is 3. The summed E-state index contributed by atoms with van der Waals surface area (Å²) >= 11 is 6.24. The van der Waals surface area contributed by atoms with E-state index in [0.29, 0.717) is 12.1 Å². The summed E-state index contributed by atoms with van der Waals surface area (Å²) in [4.78, 5) is 12.4. The Morgan fingerprint density at radius 2 is 1.62 bits per heavy atom. The SMILES string of the molecule is CC1C2CC(S(=O)(=O)c3cc(C(=O)Nc4cc(F)c(F)c(F)c4)ccc3Cl)CC1C2(O)COC1C[C@@H](O)[C@@H](O)C1. The molecule has 6 rings (SSSR count). The molecular weight excluding hydrogens is 575 g/mol. The lowest BCUT2D eigenvalue weighted by molar-refractivity contribution is -0.247. The number of sulfone groups is 1. The standard InChI is InChI=1S/C27H29ClF3NO7S/c1-12-17-9-16(10-18(12)27(17,36)11-39-15-7-22(33)23(34)8-15)40(37,38)24-4-13(2-3-19(24)28)26(35)32-14-5-20(29)25(31)21(30)6-14/h2-6,12,15-18,22-23,33-34,36H,7-11H2,1H3,(H,32,35)/t12?,15?,16?,17?,18?,22-,23+,27?. The third-order valence-electron chi connectivity index (χ3n) is 8.77. The number of amides is 1. The first-order valence-electron chi connectivity index (χ1n) is 12.9. The van der Waals surface area contributed by atoms with Gasteiger partial charge < -0.3 is 25.4 Å². The molecule has 8 nitrogen and oxygen atoms in total. The van der Waals surface area contributed by atoms with Gasteiger partial charge in [-0.15, -0.1) is 0 Å². The average molecular weight is 604 g/mol. The van der Waals surface area contributed by atoms with Crippen LogP contribution in [-0.4, -0.2) is 65.4 Å². The normalized spacial score (nSPS) is 33.5. The summed E-state index contributed by atoms with van der Waals surface area (Å²) in [6.45, 7) is 1.90. The largest absolute Gasteiger partial charge is 0.390 e. The minimum absolute atomic E-state index is 0.0372. The first kappa shape index (κ1) is 29.3. The zero-order valence-electron chi connectivity index (χ0n) is 21.4. The van der Waals surface area contributed by atoms with Crippen molar-refractivity contribution in [2.45, 2.75) is 66.7 Å². The number of halogens is 4. The van der Waals surface area contributed by atoms with Crippen LogP contribution in [0.25, 0.3) is 0 Å². The maximum absolute atomic E-state index is 13.7. The van der Waals surface area contributed by atoms with E-state index in [2.05, 4.69) is 5.32 Å². The van der Waals surface area contributed by atoms with Gasteiger partial charge in [-0.2, -0.15) is 0 Å². The number of carbonyl (C=O) groups is 1. The van der Waals surface area contributed by atoms with Crippen LogP contribution < -0.4 is 5.32 Å². The van der Waals surface area contributed by atoms with Crippen LogP contribution in [-0.2, 0) is 14.6 Å². The summed E-state index contributed by atoms with van der Waals surface area (Å²) in [7, 11) is -4.06. The lowest BCUT2D eigenvalue weighted by atomic mass is 9.48. The fourth-order valence-corrected chi connectivity index (χ4v) is 8.88. The van der Waals surface area contributed by atoms with E-state index in [0.717, 1.165) is 6.07 Å². The van der Waals surface area contributed by atoms with Gasteiger partial charge in [0.15, 0.2) is 27.3 Å². The van der Waals surface area contributed by atoms with Crippen LogP contribution in [0.4, 0.5) is 18.9 Å². The smallest absolute Gasteiger partial charge is 0.255 e. The number of hydrogen-bond acceptors (Lipinski definition) is 7. The van der Waals surface area contributed by atoms with Crippen LogP contribution in [0.15, 0.2) is 35.2 Å². The van der Waals surface area contributed by atoms with E-state index < -0.39 is 62.4 Å². The predicted molar refractivity (Wildman–Crippen MR) is 138 cm³/mol. The lowest BCUT2D eigenvalue weighted by Crippen LogP contribution is -2.69. The highest BCUT2D eigenvalue weighted by molar-refractivity contribution is 7.92. The van der Waals surface area contributed by atoms with Gasteiger partial charge in [-0.1, -0.05) is 18.5 Å². The molecule has 218 valence electrons. The molecule has 2 aromatic carbocycles. The number of rotatable bonds is 7. The maximum atomic E-state index is 13.7. The quantitative estimate of drug-likeness (QED) is 0.356. The highest BCUT2D eigenvalue weighted by Crippen LogP contribution is 2.59. The van der Waals surface area contributed by atoms with Crippen molar-refractivity contribution in [2.24, 2.45) is 17.8 Å². The summed E-state index contributed by atoms with van der Waals surface area (Å²) in [6.07, 6.45) is -1.38. The molecule has 3 unspecified atom stereocenters. The van der Waals surface area contributed by atoms with Gasteiger partial charge in [0.25, 0.3) is 5.91 Å². The number of carbonyl (C=O) groups excluding carboxylic acids is 1. The monoisotopic (exact) mass is 603 g/mol. The van der Waals surface area contributed by atoms with Crippen LogP contribution in [0.2, 0.25) is 5.02 Å². The molecule has 0 spiro atoms. The minimum atomic E-state index is -4.06. The molecule has 4 aliphatic carbocycles. The van der Waals surface area contributed by atoms with E-state index >= 15 is 0 Å². The fraction of sp³-hybridized carbons (Fsp3) is 0.519. The zero-order valence-corrected chi connectivity index (χ0v) is 22.9. The van der Waals surface area contributed by atoms with Crippen molar-refractivity contribution in [1.29, 1.82) is 0 Å². The molecule has 1 amide bonds. The van der Waals surface area contributed by atoms with Crippen molar-refractivity contribution in [3.8, 4) is 0 Å². The Bertz CT molecular complexity index is 1390. The Labute approximate surface area is 234 Å². The average Bonchev–Trinajstić information content (AvgIpc) is 3.23. The minimum Gasteiger partial charge on any atom is -0.390 e. The van der Waals surface area contributed by atoms with Crippen molar-refractivity contribution in [1.82, 2.24) is 0 Å². The first-order chi connectivity index (χ1) is 18.7. The highest BCUT2D eigenvalue weighted by atomic mass is 35.5. The summed E-state index contributed by atoms with van der Waals surface area (Å²) in [5.41, 5.74) is -1.74. The molecule has 0 radical (unpaired) electrons. The zero-order chi connectivity index (χ0) is 29.1. The fourth-order valence-electron chi connectivity index (χ4n) is 6.52. The molecule has 0 aromatic heterocycles. The van der Waals surface area contributed by atoms with Crippen LogP contribution in [0.5, 0.6) is 0 Å². The topological polar surface area (TPSA) is 133 Å². The molecule has 4 N–H and O–H groups in total. The summed E-state index contributed by atoms with van der Waals surface area (Å²) in [5, 5.41) is 32.1. The number of hydrogen-bond donors (Lipinski definition) is 4. The Hall–Kier alpha value is -2.22. The van der Waals surface area contributed by atoms with Gasteiger partial charge in [-0.05, 0) is 48.8 Å². The second-order valence-corrected chi connectivity index (χ2v) is 13.7. The summed E-state index contributed by atoms with van der Waals surface area (Å²) < 4.78 is 73.5. The van der Waals surface area contributed by atoms with Gasteiger partial charge in [-0.3, -0.25) is 4.79 Å². The number of aliphatic hydroxyl groups excluding tert-OH is 2. The predicted octanol–water partition coefficient (Wildman–Crippen LogP) is 3.46. The number of benzene rings is 2. The molecule has 4 fully saturated rings. The first-order valence-corrected chi connectivity index (χ1v) is 14.8. The number of ether oxygens (including phenoxy) is 1. The van der Waals surface area contributed by atoms with Crippen molar-refractivity contribution < 1.29 is 46.4 Å². The van der Waals surface area contributed by atoms with Crippen LogP contribution in [0, 0.1) is 35.2 Å². The molecule has 0 saturated heterocycles. The van der Waals surface area contributed by atoms with Gasteiger partial charge in [0.1, 0.15) is 0 Å². The van der Waals surface area contributed by atoms with E-state index in [-0.39, 0.29) is 71.2 Å². The van der Waals surface area contributed by atoms with E-state index in [1.165, 1.54) is 12.1 Å². The van der Waals surface area contributed by atoms with Crippen LogP contribution in [0.3, 0.4) is 0 Å². The van der Waals surface area contributed by atoms with E-state index in [1.54, 1.807) is 0 Å². The van der Waals surface area contributed by atoms with Crippen molar-refractivity contribution >= 4 is 33.0 Å². The summed E-state index contributed by atoms with van der Waals surface area (Å²) in [6, 6.07) is 4.76. The summed E-state index contributed by atoms with van der Waals surface area (Å²) in [5.74, 6) is -6.28. The molecule has 4 aliphatic rings. The van der Waals surface area contributed by atoms with Crippen LogP contribution in [0.1, 0.15) is 43.0 Å². The van der Waals surface area contributed by atoms with Crippen LogP contribution >= 0.6 is 11.6 Å². The second-order valence-electron chi connectivity index (χ2n) is 11.1. The highest BCUT2D eigenvalue weighted by Gasteiger charge is 2.64. The molecule has 4 saturated carbocycles. The Balaban J connectivity index is 1.30. The molecule has 40 heavy (non-hydrogen) atoms. The van der Waals surface area contributed by atoms with Gasteiger partial charge >= 0.3 is 0 Å².